The minimum absolute atomic E-state index is 0.284. The highest BCUT2D eigenvalue weighted by molar-refractivity contribution is 6.24. The van der Waals surface area contributed by atoms with E-state index in [1.165, 1.54) is 0 Å². The van der Waals surface area contributed by atoms with Gasteiger partial charge in [0.2, 0.25) is 5.69 Å². The summed E-state index contributed by atoms with van der Waals surface area (Å²) in [6.07, 6.45) is 0. The molecule has 0 N–H and O–H groups in total. The Bertz CT molecular complexity index is 2600. The van der Waals surface area contributed by atoms with Crippen molar-refractivity contribution < 1.29 is 4.74 Å². The van der Waals surface area contributed by atoms with Gasteiger partial charge in [-0.3, -0.25) is 0 Å². The molecule has 7 aromatic carbocycles. The monoisotopic (exact) mass is 587 g/mol. The van der Waals surface area contributed by atoms with Crippen molar-refractivity contribution in [1.82, 2.24) is 9.97 Å². The van der Waals surface area contributed by atoms with Crippen LogP contribution in [0.15, 0.2) is 127 Å². The first kappa shape index (κ1) is 25.7. The van der Waals surface area contributed by atoms with Crippen molar-refractivity contribution in [1.29, 1.82) is 5.26 Å². The lowest BCUT2D eigenvalue weighted by Gasteiger charge is -2.32. The maximum Gasteiger partial charge on any atom is 0.206 e. The summed E-state index contributed by atoms with van der Waals surface area (Å²) >= 11 is 0. The van der Waals surface area contributed by atoms with E-state index in [2.05, 4.69) is 82.5 Å². The van der Waals surface area contributed by atoms with Crippen LogP contribution < -0.4 is 9.64 Å². The maximum atomic E-state index is 9.60. The zero-order valence-electron chi connectivity index (χ0n) is 24.3. The minimum Gasteiger partial charge on any atom is -0.453 e. The number of ether oxygens (including phenoxy) is 1. The van der Waals surface area contributed by atoms with Crippen molar-refractivity contribution in [2.45, 2.75) is 0 Å². The fourth-order valence-electron chi connectivity index (χ4n) is 6.51. The van der Waals surface area contributed by atoms with Crippen molar-refractivity contribution >= 4 is 66.4 Å². The average molecular weight is 588 g/mol. The van der Waals surface area contributed by atoms with Crippen LogP contribution >= 0.6 is 0 Å². The van der Waals surface area contributed by atoms with E-state index in [1.807, 2.05) is 48.5 Å². The predicted molar refractivity (Wildman–Crippen MR) is 183 cm³/mol. The van der Waals surface area contributed by atoms with Gasteiger partial charge in [-0.2, -0.15) is 5.26 Å². The topological polar surface area (TPSA) is 66.4 Å². The molecule has 0 saturated heterocycles. The molecule has 0 spiro atoms. The summed E-state index contributed by atoms with van der Waals surface area (Å²) in [6, 6.07) is 44.9. The Kier molecular flexibility index (Phi) is 5.53. The van der Waals surface area contributed by atoms with Crippen LogP contribution in [0.1, 0.15) is 5.56 Å². The van der Waals surface area contributed by atoms with Crippen molar-refractivity contribution in [3.8, 4) is 28.7 Å². The molecule has 0 atom stereocenters. The zero-order chi connectivity index (χ0) is 30.8. The molecule has 0 radical (unpaired) electrons. The van der Waals surface area contributed by atoms with Crippen molar-refractivity contribution in [2.24, 2.45) is 0 Å². The Balaban J connectivity index is 1.20. The van der Waals surface area contributed by atoms with E-state index in [9.17, 15) is 5.26 Å². The number of nitriles is 1. The van der Waals surface area contributed by atoms with Crippen LogP contribution in [0.5, 0.6) is 11.5 Å². The lowest BCUT2D eigenvalue weighted by Crippen LogP contribution is -2.15. The van der Waals surface area contributed by atoms with Gasteiger partial charge in [-0.15, -0.1) is 0 Å². The van der Waals surface area contributed by atoms with Gasteiger partial charge >= 0.3 is 0 Å². The second kappa shape index (κ2) is 9.89. The lowest BCUT2D eigenvalue weighted by atomic mass is 9.95. The highest BCUT2D eigenvalue weighted by atomic mass is 16.5. The molecule has 0 bridgehead atoms. The highest BCUT2D eigenvalue weighted by Gasteiger charge is 2.25. The van der Waals surface area contributed by atoms with Gasteiger partial charge in [0, 0.05) is 16.5 Å². The van der Waals surface area contributed by atoms with Gasteiger partial charge in [0.05, 0.1) is 51.6 Å². The molecular formula is C40H21N5O. The second-order valence-corrected chi connectivity index (χ2v) is 11.2. The Labute approximate surface area is 263 Å². The third-order valence-electron chi connectivity index (χ3n) is 8.66. The number of nitrogens with zero attached hydrogens (tertiary/aromatic N) is 5. The van der Waals surface area contributed by atoms with Crippen molar-refractivity contribution in [2.75, 3.05) is 4.90 Å². The first-order chi connectivity index (χ1) is 22.7. The van der Waals surface area contributed by atoms with E-state index in [-0.39, 0.29) is 5.69 Å². The van der Waals surface area contributed by atoms with Gasteiger partial charge in [-0.25, -0.2) is 14.8 Å². The molecule has 0 aliphatic carbocycles. The molecule has 8 aromatic rings. The molecule has 0 fully saturated rings. The van der Waals surface area contributed by atoms with Crippen molar-refractivity contribution in [3.05, 3.63) is 144 Å². The first-order valence-electron chi connectivity index (χ1n) is 14.8. The number of aromatic nitrogens is 2. The van der Waals surface area contributed by atoms with Crippen LogP contribution in [-0.4, -0.2) is 9.97 Å². The average Bonchev–Trinajstić information content (AvgIpc) is 3.12. The third kappa shape index (κ3) is 3.81. The van der Waals surface area contributed by atoms with Crippen LogP contribution in [0, 0.1) is 17.9 Å². The highest BCUT2D eigenvalue weighted by Crippen LogP contribution is 2.50. The summed E-state index contributed by atoms with van der Waals surface area (Å²) in [5, 5.41) is 13.7. The molecular weight excluding hydrogens is 566 g/mol. The van der Waals surface area contributed by atoms with Gasteiger partial charge in [0.1, 0.15) is 0 Å². The summed E-state index contributed by atoms with van der Waals surface area (Å²) in [5.74, 6) is 1.65. The number of anilines is 3. The smallest absolute Gasteiger partial charge is 0.206 e. The SMILES string of the molecule is [C-]#[N+]c1cc2nc3c4ccccc4c4cc(-c5ccc(N6c7ccccc7Oc7ccccc76)cc5)ccc4c3nc2cc1C#N. The standard InChI is InChI=1S/C40H21N5O/c1-42-32-22-34-33(21-26(32)23-41)43-40-30-19-16-25(20-31(30)28-8-2-3-9-29(28)39(40)44-34)24-14-17-27(18-15-24)45-35-10-4-6-12-37(35)46-38-13-7-5-11-36(38)45/h2-22H. The molecule has 0 amide bonds. The van der Waals surface area contributed by atoms with Crippen LogP contribution in [0.2, 0.25) is 0 Å². The van der Waals surface area contributed by atoms with Crippen LogP contribution in [0.3, 0.4) is 0 Å². The van der Waals surface area contributed by atoms with Crippen LogP contribution in [0.25, 0.3) is 59.6 Å². The number of rotatable bonds is 2. The summed E-state index contributed by atoms with van der Waals surface area (Å²) in [5.41, 5.74) is 8.56. The van der Waals surface area contributed by atoms with Gasteiger partial charge < -0.3 is 9.64 Å². The van der Waals surface area contributed by atoms with E-state index in [4.69, 9.17) is 21.3 Å². The molecule has 212 valence electrons. The van der Waals surface area contributed by atoms with Crippen LogP contribution in [-0.2, 0) is 0 Å². The summed E-state index contributed by atoms with van der Waals surface area (Å²) in [6.45, 7) is 7.50. The Morgan fingerprint density at radius 2 is 1.20 bits per heavy atom. The summed E-state index contributed by atoms with van der Waals surface area (Å²) < 4.78 is 6.20. The normalized spacial score (nSPS) is 12.0. The van der Waals surface area contributed by atoms with Crippen LogP contribution in [0.4, 0.5) is 22.7 Å². The minimum atomic E-state index is 0.284. The fourth-order valence-corrected chi connectivity index (χ4v) is 6.51. The fraction of sp³-hybridized carbons (Fsp3) is 0. The summed E-state index contributed by atoms with van der Waals surface area (Å²) in [7, 11) is 0. The molecule has 0 saturated carbocycles. The number of fused-ring (bicyclic) bond motifs is 9. The maximum absolute atomic E-state index is 9.60. The van der Waals surface area contributed by atoms with E-state index in [0.29, 0.717) is 16.6 Å². The predicted octanol–water partition coefficient (Wildman–Crippen LogP) is 10.8. The molecule has 46 heavy (non-hydrogen) atoms. The summed E-state index contributed by atoms with van der Waals surface area (Å²) in [4.78, 5) is 15.7. The zero-order valence-corrected chi connectivity index (χ0v) is 24.3. The molecule has 9 rings (SSSR count). The number of hydrogen-bond acceptors (Lipinski definition) is 5. The number of benzene rings is 7. The largest absolute Gasteiger partial charge is 0.453 e. The van der Waals surface area contributed by atoms with Gasteiger partial charge in [0.25, 0.3) is 0 Å². The molecule has 1 aliphatic rings. The molecule has 2 heterocycles. The van der Waals surface area contributed by atoms with Gasteiger partial charge in [-0.1, -0.05) is 72.8 Å². The molecule has 0 unspecified atom stereocenters. The number of hydrogen-bond donors (Lipinski definition) is 0. The molecule has 6 heteroatoms. The van der Waals surface area contributed by atoms with Crippen molar-refractivity contribution in [3.63, 3.8) is 0 Å². The second-order valence-electron chi connectivity index (χ2n) is 11.2. The Hall–Kier alpha value is -6.76. The lowest BCUT2D eigenvalue weighted by molar-refractivity contribution is 0.477. The quantitative estimate of drug-likeness (QED) is 0.114. The van der Waals surface area contributed by atoms with Gasteiger partial charge in [-0.05, 0) is 76.5 Å². The van der Waals surface area contributed by atoms with E-state index in [0.717, 1.165) is 72.3 Å². The molecule has 6 nitrogen and oxygen atoms in total. The van der Waals surface area contributed by atoms with E-state index >= 15 is 0 Å². The van der Waals surface area contributed by atoms with E-state index < -0.39 is 0 Å². The molecule has 1 aliphatic heterocycles. The van der Waals surface area contributed by atoms with E-state index in [1.54, 1.807) is 12.1 Å². The Morgan fingerprint density at radius 1 is 0.609 bits per heavy atom. The third-order valence-corrected chi connectivity index (χ3v) is 8.66. The molecule has 1 aromatic heterocycles. The Morgan fingerprint density at radius 3 is 1.87 bits per heavy atom. The first-order valence-corrected chi connectivity index (χ1v) is 14.8. The number of para-hydroxylation sites is 4. The van der Waals surface area contributed by atoms with Gasteiger partial charge in [0.15, 0.2) is 11.5 Å².